The Hall–Kier alpha value is -0.0400. The van der Waals surface area contributed by atoms with Gasteiger partial charge < -0.3 is 5.73 Å². The first kappa shape index (κ1) is 0.752. The van der Waals surface area contributed by atoms with Crippen molar-refractivity contribution in [3.05, 3.63) is 0 Å². The molecule has 0 atom stereocenters. The topological polar surface area (TPSA) is 26.0 Å². The molecule has 1 nitrogen and oxygen atoms in total. The number of hydrogen-bond donors (Lipinski definition) is 1. The third kappa shape index (κ3) is 0.716. The smallest absolute Gasteiger partial charge is 0.0282 e. The second-order valence-electron chi connectivity index (χ2n) is 1.02. The maximum atomic E-state index is 7.29. The van der Waals surface area contributed by atoms with Gasteiger partial charge >= 0.3 is 0 Å². The Morgan fingerprint density at radius 2 is 2.00 bits per heavy atom. The van der Waals surface area contributed by atoms with Gasteiger partial charge in [-0.3, -0.25) is 0 Å². The van der Waals surface area contributed by atoms with Crippen molar-refractivity contribution in [3.63, 3.8) is 0 Å². The molecule has 1 saturated carbocycles. The van der Waals surface area contributed by atoms with Crippen molar-refractivity contribution in [2.45, 2.75) is 31.5 Å². The molecule has 0 aromatic rings. The zero-order valence-corrected chi connectivity index (χ0v) is 3.15. The third-order valence-corrected chi connectivity index (χ3v) is 0.518. The van der Waals surface area contributed by atoms with Gasteiger partial charge in [0.15, 0.2) is 0 Å². The van der Waals surface area contributed by atoms with Gasteiger partial charge in [0.05, 0.1) is 0 Å². The largest absolute Gasteiger partial charge is 0.328 e. The second-order valence-corrected chi connectivity index (χ2v) is 1.02. The third-order valence-electron chi connectivity index (χ3n) is 0.518. The van der Waals surface area contributed by atoms with E-state index < -0.39 is 31.5 Å². The van der Waals surface area contributed by atoms with E-state index >= 15 is 0 Å². The Morgan fingerprint density at radius 1 is 1.50 bits per heavy atom. The molecule has 1 aliphatic rings. The monoisotopic (exact) mass is 93.1 g/mol. The summed E-state index contributed by atoms with van der Waals surface area (Å²) in [5, 5.41) is 0. The summed E-state index contributed by atoms with van der Waals surface area (Å²) in [7, 11) is 0. The van der Waals surface area contributed by atoms with Gasteiger partial charge in [0.25, 0.3) is 0 Å². The first-order valence-corrected chi connectivity index (χ1v) is 1.66. The summed E-state index contributed by atoms with van der Waals surface area (Å²) in [6, 6.07) is -1.82. The highest BCUT2D eigenvalue weighted by atomic mass is 14.6. The highest BCUT2D eigenvalue weighted by Crippen LogP contribution is 2.14. The van der Waals surface area contributed by atoms with Crippen LogP contribution in [-0.2, 0) is 0 Å². The van der Waals surface area contributed by atoms with E-state index in [2.05, 4.69) is 0 Å². The normalized spacial score (nSPS) is 78.8. The summed E-state index contributed by atoms with van der Waals surface area (Å²) >= 11 is 0. The summed E-state index contributed by atoms with van der Waals surface area (Å²) in [6.45, 7) is 0. The molecule has 36 valence electrons. The van der Waals surface area contributed by atoms with Crippen molar-refractivity contribution >= 4 is 0 Å². The number of hydrogen-bond acceptors (Lipinski definition) is 1. The van der Waals surface area contributed by atoms with Crippen LogP contribution >= 0.6 is 0 Å². The molecule has 0 unspecified atom stereocenters. The Labute approximate surface area is 49.8 Å². The molecule has 1 rings (SSSR count). The summed E-state index contributed by atoms with van der Waals surface area (Å²) in [5.41, 5.74) is 5.21. The quantitative estimate of drug-likeness (QED) is 0.473. The predicted octanol–water partition coefficient (Wildman–Crippen LogP) is 0.888. The van der Waals surface area contributed by atoms with Gasteiger partial charge in [-0.1, -0.05) is 12.7 Å². The van der Waals surface area contributed by atoms with Crippen LogP contribution in [0.3, 0.4) is 0 Å². The molecule has 0 radical (unpaired) electrons. The van der Waals surface area contributed by atoms with Crippen molar-refractivity contribution < 1.29 is 11.0 Å². The molecular formula is C5H11N. The van der Waals surface area contributed by atoms with E-state index in [9.17, 15) is 0 Å². The van der Waals surface area contributed by atoms with Gasteiger partial charge in [-0.2, -0.15) is 0 Å². The minimum Gasteiger partial charge on any atom is -0.328 e. The van der Waals surface area contributed by atoms with Crippen LogP contribution in [0.4, 0.5) is 0 Å². The fraction of sp³-hybridized carbons (Fsp3) is 1.00. The SMILES string of the molecule is [2H]C1([2H])C(N)C([2H])([2H])C([2H])([2H])C1([2H])[2H]. The molecule has 0 amide bonds. The standard InChI is InChI=1S/C5H11N/c6-5-3-1-2-4-5/h5H,1-4,6H2/i1D2,2D2,3D2,4D2. The van der Waals surface area contributed by atoms with E-state index in [0.29, 0.717) is 0 Å². The van der Waals surface area contributed by atoms with Gasteiger partial charge in [0, 0.05) is 17.0 Å². The zero-order chi connectivity index (χ0) is 11.6. The molecule has 0 aromatic carbocycles. The Bertz CT molecular complexity index is 232. The van der Waals surface area contributed by atoms with E-state index in [1.165, 1.54) is 0 Å². The zero-order valence-electron chi connectivity index (χ0n) is 11.2. The first-order chi connectivity index (χ1) is 5.90. The highest BCUT2D eigenvalue weighted by Gasteiger charge is 2.07. The van der Waals surface area contributed by atoms with Crippen molar-refractivity contribution in [1.29, 1.82) is 0 Å². The molecule has 0 bridgehead atoms. The van der Waals surface area contributed by atoms with Crippen LogP contribution < -0.4 is 5.73 Å². The van der Waals surface area contributed by atoms with Gasteiger partial charge in [-0.05, 0) is 12.7 Å². The summed E-state index contributed by atoms with van der Waals surface area (Å²) in [6.07, 6.45) is -11.3. The lowest BCUT2D eigenvalue weighted by molar-refractivity contribution is 0.704. The van der Waals surface area contributed by atoms with E-state index in [1.807, 2.05) is 0 Å². The average molecular weight is 93.2 g/mol. The number of rotatable bonds is 0. The van der Waals surface area contributed by atoms with E-state index in [0.717, 1.165) is 0 Å². The van der Waals surface area contributed by atoms with Crippen molar-refractivity contribution in [2.75, 3.05) is 0 Å². The second kappa shape index (κ2) is 1.61. The average Bonchev–Trinajstić information content (AvgIpc) is 2.05. The van der Waals surface area contributed by atoms with E-state index in [-0.39, 0.29) is 0 Å². The van der Waals surface area contributed by atoms with Gasteiger partial charge in [-0.15, -0.1) is 0 Å². The fourth-order valence-electron chi connectivity index (χ4n) is 0.264. The lowest BCUT2D eigenvalue weighted by Gasteiger charge is -1.92. The summed E-state index contributed by atoms with van der Waals surface area (Å²) < 4.78 is 58.3. The van der Waals surface area contributed by atoms with Gasteiger partial charge in [0.2, 0.25) is 0 Å². The Balaban J connectivity index is 3.38. The molecule has 1 heteroatoms. The maximum Gasteiger partial charge on any atom is 0.0282 e. The predicted molar refractivity (Wildman–Crippen MR) is 26.4 cm³/mol. The highest BCUT2D eigenvalue weighted by molar-refractivity contribution is 4.67. The lowest BCUT2D eigenvalue weighted by atomic mass is 10.3. The van der Waals surface area contributed by atoms with Crippen LogP contribution in [0.5, 0.6) is 0 Å². The van der Waals surface area contributed by atoms with Crippen molar-refractivity contribution in [2.24, 2.45) is 5.73 Å². The molecule has 1 aliphatic carbocycles. The van der Waals surface area contributed by atoms with Crippen molar-refractivity contribution in [3.8, 4) is 0 Å². The van der Waals surface area contributed by atoms with E-state index in [4.69, 9.17) is 16.7 Å². The minimum absolute atomic E-state index is 1.82. The van der Waals surface area contributed by atoms with Crippen LogP contribution in [0.25, 0.3) is 0 Å². The van der Waals surface area contributed by atoms with Crippen LogP contribution in [-0.4, -0.2) is 6.04 Å². The molecule has 0 saturated heterocycles. The molecule has 0 aromatic heterocycles. The molecular weight excluding hydrogens is 74.1 g/mol. The molecule has 0 aliphatic heterocycles. The minimum atomic E-state index is -2.94. The van der Waals surface area contributed by atoms with Gasteiger partial charge in [-0.25, -0.2) is 0 Å². The molecule has 0 heterocycles. The van der Waals surface area contributed by atoms with Crippen LogP contribution in [0.2, 0.25) is 0 Å². The summed E-state index contributed by atoms with van der Waals surface area (Å²) in [5.74, 6) is 0. The van der Waals surface area contributed by atoms with Crippen molar-refractivity contribution in [1.82, 2.24) is 0 Å². The Morgan fingerprint density at radius 3 is 2.17 bits per heavy atom. The fourth-order valence-corrected chi connectivity index (χ4v) is 0.264. The molecule has 1 fully saturated rings. The molecule has 2 N–H and O–H groups in total. The molecule has 6 heavy (non-hydrogen) atoms. The van der Waals surface area contributed by atoms with Crippen LogP contribution in [0.15, 0.2) is 0 Å². The van der Waals surface area contributed by atoms with E-state index in [1.54, 1.807) is 0 Å². The first-order valence-electron chi connectivity index (χ1n) is 5.66. The number of nitrogens with two attached hydrogens (primary N) is 1. The maximum absolute atomic E-state index is 7.29. The van der Waals surface area contributed by atoms with Crippen LogP contribution in [0.1, 0.15) is 36.5 Å². The lowest BCUT2D eigenvalue weighted by Crippen LogP contribution is -2.13. The van der Waals surface area contributed by atoms with Gasteiger partial charge in [0.1, 0.15) is 0 Å². The Kier molecular flexibility index (Phi) is 0.201. The summed E-state index contributed by atoms with van der Waals surface area (Å²) in [4.78, 5) is 0. The van der Waals surface area contributed by atoms with Crippen LogP contribution in [0, 0.1) is 0 Å². The molecule has 0 spiro atoms.